The molecule has 0 bridgehead atoms. The Morgan fingerprint density at radius 2 is 0.514 bits per heavy atom. The number of hydrogen-bond acceptors (Lipinski definition) is 12. The van der Waals surface area contributed by atoms with Crippen LogP contribution in [0.2, 0.25) is 0 Å². The first-order valence-corrected chi connectivity index (χ1v) is 50.0. The van der Waals surface area contributed by atoms with E-state index in [1.165, 1.54) is 75.8 Å². The van der Waals surface area contributed by atoms with E-state index in [9.17, 15) is 0 Å². The van der Waals surface area contributed by atoms with Crippen LogP contribution in [0.3, 0.4) is 0 Å². The van der Waals surface area contributed by atoms with E-state index in [0.29, 0.717) is 29.3 Å². The molecule has 0 atom stereocenters. The first-order valence-electron chi connectivity index (χ1n) is 49.1. The lowest BCUT2D eigenvalue weighted by Gasteiger charge is -2.21. The van der Waals surface area contributed by atoms with Gasteiger partial charge in [-0.05, 0) is 207 Å². The van der Waals surface area contributed by atoms with E-state index >= 15 is 0 Å². The molecule has 0 N–H and O–H groups in total. The molecule has 0 aliphatic heterocycles. The Balaban J connectivity index is 0.000000109. The number of thiazole rings is 1. The molecule has 11 nitrogen and oxygen atoms in total. The van der Waals surface area contributed by atoms with Crippen LogP contribution in [0.25, 0.3) is 276 Å². The summed E-state index contributed by atoms with van der Waals surface area (Å²) in [5.41, 5.74) is 29.7. The van der Waals surface area contributed by atoms with Gasteiger partial charge in [0.25, 0.3) is 0 Å². The molecule has 0 saturated carbocycles. The van der Waals surface area contributed by atoms with Crippen molar-refractivity contribution >= 4 is 130 Å². The van der Waals surface area contributed by atoms with E-state index in [1.807, 2.05) is 109 Å². The smallest absolute Gasteiger partial charge is 0.227 e. The van der Waals surface area contributed by atoms with Crippen molar-refractivity contribution < 1.29 is 8.83 Å². The molecule has 6 heterocycles. The van der Waals surface area contributed by atoms with Gasteiger partial charge in [-0.1, -0.05) is 390 Å². The molecule has 1 aliphatic carbocycles. The molecule has 0 radical (unpaired) electrons. The highest BCUT2D eigenvalue weighted by atomic mass is 32.1. The predicted octanol–water partition coefficient (Wildman–Crippen LogP) is 35.5. The largest absolute Gasteiger partial charge is 0.436 e. The topological polar surface area (TPSA) is 142 Å². The molecule has 0 unspecified atom stereocenters. The van der Waals surface area contributed by atoms with Crippen LogP contribution in [0.1, 0.15) is 25.0 Å². The minimum Gasteiger partial charge on any atom is -0.436 e. The maximum absolute atomic E-state index is 6.24. The lowest BCUT2D eigenvalue weighted by molar-refractivity contribution is 0.619. The molecule has 29 rings (SSSR count). The van der Waals surface area contributed by atoms with Gasteiger partial charge in [0.2, 0.25) is 11.8 Å². The van der Waals surface area contributed by atoms with Crippen LogP contribution in [0.5, 0.6) is 0 Å². The van der Waals surface area contributed by atoms with Gasteiger partial charge in [0.05, 0.1) is 44.4 Å². The first-order chi connectivity index (χ1) is 72.0. The average molecular weight is 1890 g/mol. The Morgan fingerprint density at radius 3 is 0.966 bits per heavy atom. The molecule has 28 aromatic rings. The maximum Gasteiger partial charge on any atom is 0.227 e. The molecule has 1 aliphatic rings. The van der Waals surface area contributed by atoms with Gasteiger partial charge in [-0.3, -0.25) is 0 Å². The number of benzene rings is 22. The van der Waals surface area contributed by atoms with Gasteiger partial charge in [0.1, 0.15) is 16.0 Å². The zero-order valence-corrected chi connectivity index (χ0v) is 80.2. The fraction of sp³-hybridized carbons (Fsp3) is 0.0224. The van der Waals surface area contributed by atoms with E-state index in [1.54, 1.807) is 11.3 Å². The van der Waals surface area contributed by atoms with E-state index in [0.717, 1.165) is 182 Å². The third kappa shape index (κ3) is 15.9. The van der Waals surface area contributed by atoms with Gasteiger partial charge in [0, 0.05) is 88.3 Å². The first kappa shape index (κ1) is 86.1. The van der Waals surface area contributed by atoms with E-state index in [2.05, 4.69) is 384 Å². The Kier molecular flexibility index (Phi) is 21.2. The predicted molar refractivity (Wildman–Crippen MR) is 603 cm³/mol. The number of aromatic nitrogens is 9. The molecular weight excluding hydrogens is 1800 g/mol. The molecule has 6 aromatic heterocycles. The second-order valence-corrected chi connectivity index (χ2v) is 38.8. The van der Waals surface area contributed by atoms with Gasteiger partial charge in [0.15, 0.2) is 28.6 Å². The van der Waals surface area contributed by atoms with Gasteiger partial charge in [-0.2, -0.15) is 0 Å². The van der Waals surface area contributed by atoms with Crippen LogP contribution >= 0.6 is 11.3 Å². The van der Waals surface area contributed by atoms with Gasteiger partial charge in [-0.15, -0.1) is 11.3 Å². The summed E-state index contributed by atoms with van der Waals surface area (Å²) in [5.74, 6) is 3.32. The highest BCUT2D eigenvalue weighted by Gasteiger charge is 2.36. The summed E-state index contributed by atoms with van der Waals surface area (Å²) in [6.07, 6.45) is 0. The van der Waals surface area contributed by atoms with E-state index < -0.39 is 0 Å². The lowest BCUT2D eigenvalue weighted by atomic mass is 9.82. The number of oxazole rings is 2. The molecular formula is C134H85N9O2S. The summed E-state index contributed by atoms with van der Waals surface area (Å²) < 4.78 is 13.7. The van der Waals surface area contributed by atoms with Crippen LogP contribution < -0.4 is 0 Å². The second-order valence-electron chi connectivity index (χ2n) is 37.8. The normalized spacial score (nSPS) is 12.1. The number of hydrogen-bond donors (Lipinski definition) is 0. The minimum absolute atomic E-state index is 0.0502. The minimum atomic E-state index is -0.0502. The van der Waals surface area contributed by atoms with Crippen LogP contribution in [0.15, 0.2) is 488 Å². The zero-order chi connectivity index (χ0) is 96.9. The third-order valence-corrected chi connectivity index (χ3v) is 29.5. The van der Waals surface area contributed by atoms with Crippen molar-refractivity contribution in [3.8, 4) is 157 Å². The van der Waals surface area contributed by atoms with Crippen LogP contribution in [-0.4, -0.2) is 44.9 Å². The summed E-state index contributed by atoms with van der Waals surface area (Å²) in [4.78, 5) is 46.1. The summed E-state index contributed by atoms with van der Waals surface area (Å²) in [5, 5.41) is 19.3. The molecule has 0 spiro atoms. The lowest BCUT2D eigenvalue weighted by Crippen LogP contribution is -2.14. The fourth-order valence-corrected chi connectivity index (χ4v) is 22.0. The molecule has 146 heavy (non-hydrogen) atoms. The SMILES string of the molecule is CC1(C)c2ccccc2-c2ccc(-c3nc4c(ccc5ccc6cc(-c7nc(-c8ccccc8)cc(-c8ccccc8)n7)ccc6c54)s3)cc21.c1ccc(-c2cccc(-c3cc(-c4ccccc4)nc(-c4ccc5c(ccc6ccc7oc(-c8ccccc8)nc7c65)c4)n3)c2)cc1.c1ccc(-c2nc3c(ccc4ccc5cc(-c6nc(-c7ccc8ccccc8c7)cc(-c7ccc8ccccc8c7)n6)ccc5c43)o2)cc1. The Bertz CT molecular complexity index is 9900. The number of rotatable bonds is 13. The van der Waals surface area contributed by atoms with Gasteiger partial charge >= 0.3 is 0 Å². The Morgan fingerprint density at radius 1 is 0.192 bits per heavy atom. The molecule has 12 heteroatoms. The highest BCUT2D eigenvalue weighted by Crippen LogP contribution is 2.51. The van der Waals surface area contributed by atoms with E-state index in [4.69, 9.17) is 53.7 Å². The van der Waals surface area contributed by atoms with Crippen molar-refractivity contribution in [3.63, 3.8) is 0 Å². The van der Waals surface area contributed by atoms with Crippen LogP contribution in [-0.2, 0) is 5.41 Å². The van der Waals surface area contributed by atoms with Crippen molar-refractivity contribution in [2.24, 2.45) is 0 Å². The Labute approximate surface area is 844 Å². The fourth-order valence-electron chi connectivity index (χ4n) is 21.0. The van der Waals surface area contributed by atoms with Crippen LogP contribution in [0.4, 0.5) is 0 Å². The number of fused-ring (bicyclic) bond motifs is 20. The number of nitrogens with zero attached hydrogens (tertiary/aromatic N) is 9. The van der Waals surface area contributed by atoms with Crippen molar-refractivity contribution in [1.29, 1.82) is 0 Å². The summed E-state index contributed by atoms with van der Waals surface area (Å²) in [7, 11) is 0. The van der Waals surface area contributed by atoms with Gasteiger partial charge in [-0.25, -0.2) is 44.9 Å². The van der Waals surface area contributed by atoms with Crippen molar-refractivity contribution in [2.45, 2.75) is 19.3 Å². The maximum atomic E-state index is 6.24. The highest BCUT2D eigenvalue weighted by molar-refractivity contribution is 7.21. The average Bonchev–Trinajstić information content (AvgIpc) is 1.57. The summed E-state index contributed by atoms with van der Waals surface area (Å²) >= 11 is 1.77. The summed E-state index contributed by atoms with van der Waals surface area (Å²) in [6.45, 7) is 4.66. The molecule has 0 saturated heterocycles. The monoisotopic (exact) mass is 1880 g/mol. The molecule has 0 fully saturated rings. The summed E-state index contributed by atoms with van der Waals surface area (Å²) in [6, 6.07) is 167. The van der Waals surface area contributed by atoms with Crippen LogP contribution in [0, 0.1) is 0 Å². The molecule has 684 valence electrons. The zero-order valence-electron chi connectivity index (χ0n) is 79.4. The quantitative estimate of drug-likeness (QED) is 0.102. The van der Waals surface area contributed by atoms with Crippen molar-refractivity contribution in [2.75, 3.05) is 0 Å². The van der Waals surface area contributed by atoms with E-state index in [-0.39, 0.29) is 5.41 Å². The van der Waals surface area contributed by atoms with Crippen molar-refractivity contribution in [3.05, 3.63) is 490 Å². The standard InChI is InChI=1S/C46H31N3S.C45H27N3O.C43H27N3O/c1-46(2)37-16-10-9-15-35(37)36-23-20-33(26-38(36)46)45-49-43-41(50-45)24-21-30-17-18-31-25-32(19-22-34(31)42(30)43)44-47-39(28-11-5-3-6-12-28)27-40(48-44)29-13-7-4-8-14-29;1-2-10-31(11-3-1)45-48-43-41(49-45)23-21-30-16-17-34-26-37(20-22-38(34)42(30)43)44-46-39(35-18-14-28-8-4-6-12-32(28)24-35)27-40(47-44)36-19-15-29-9-5-7-13-33(29)25-36;1-4-11-28(12-5-1)32-17-10-18-34(25-32)38-27-37(29-13-6-2-7-14-29)44-42(45-38)35-21-23-36-33(26-35)20-19-30-22-24-39-41(40(30)36)46-43(47-39)31-15-8-3-9-16-31/h3-27H,1-2H3;1-27H;1-27H. The molecule has 0 amide bonds. The second kappa shape index (κ2) is 35.9. The van der Waals surface area contributed by atoms with Gasteiger partial charge < -0.3 is 8.83 Å². The van der Waals surface area contributed by atoms with Crippen molar-refractivity contribution in [1.82, 2.24) is 44.9 Å². The molecule has 22 aromatic carbocycles. The third-order valence-electron chi connectivity index (χ3n) is 28.5. The Hall–Kier alpha value is -19.0.